The SMILES string of the molecule is Cc1ccc(-c2ccc(-c3ccc(Br)cc3)c3ccncc23)cc1. The number of hydrogen-bond acceptors (Lipinski definition) is 1. The molecule has 1 nitrogen and oxygen atoms in total. The fourth-order valence-electron chi connectivity index (χ4n) is 3.06. The molecule has 2 heteroatoms. The minimum Gasteiger partial charge on any atom is -0.264 e. The van der Waals surface area contributed by atoms with Gasteiger partial charge in [-0.25, -0.2) is 0 Å². The lowest BCUT2D eigenvalue weighted by atomic mass is 9.93. The highest BCUT2D eigenvalue weighted by Crippen LogP contribution is 2.35. The second-order valence-corrected chi connectivity index (χ2v) is 6.87. The number of fused-ring (bicyclic) bond motifs is 1. The molecular formula is C22H16BrN. The van der Waals surface area contributed by atoms with Crippen molar-refractivity contribution in [2.24, 2.45) is 0 Å². The van der Waals surface area contributed by atoms with Gasteiger partial charge in [0.05, 0.1) is 0 Å². The standard InChI is InChI=1S/C22H16BrN/c1-15-2-4-16(5-3-15)20-11-10-19(17-6-8-18(23)9-7-17)21-12-13-24-14-22(20)21/h2-14H,1H3. The van der Waals surface area contributed by atoms with Gasteiger partial charge >= 0.3 is 0 Å². The Morgan fingerprint density at radius 1 is 0.667 bits per heavy atom. The molecule has 0 amide bonds. The van der Waals surface area contributed by atoms with E-state index in [1.54, 1.807) is 0 Å². The molecule has 0 saturated heterocycles. The highest BCUT2D eigenvalue weighted by atomic mass is 79.9. The molecule has 0 saturated carbocycles. The normalized spacial score (nSPS) is 10.9. The molecule has 24 heavy (non-hydrogen) atoms. The van der Waals surface area contributed by atoms with Crippen LogP contribution in [0.25, 0.3) is 33.0 Å². The van der Waals surface area contributed by atoms with E-state index in [0.29, 0.717) is 0 Å². The van der Waals surface area contributed by atoms with Gasteiger partial charge in [0.2, 0.25) is 0 Å². The Kier molecular flexibility index (Phi) is 3.91. The lowest BCUT2D eigenvalue weighted by molar-refractivity contribution is 1.36. The Labute approximate surface area is 150 Å². The highest BCUT2D eigenvalue weighted by molar-refractivity contribution is 9.10. The van der Waals surface area contributed by atoms with E-state index in [2.05, 4.69) is 94.6 Å². The molecule has 0 atom stereocenters. The summed E-state index contributed by atoms with van der Waals surface area (Å²) in [5.41, 5.74) is 6.16. The van der Waals surface area contributed by atoms with Gasteiger partial charge in [-0.15, -0.1) is 0 Å². The summed E-state index contributed by atoms with van der Waals surface area (Å²) in [4.78, 5) is 4.36. The van der Waals surface area contributed by atoms with Crippen LogP contribution < -0.4 is 0 Å². The largest absolute Gasteiger partial charge is 0.264 e. The lowest BCUT2D eigenvalue weighted by Crippen LogP contribution is -1.87. The summed E-state index contributed by atoms with van der Waals surface area (Å²) in [5, 5.41) is 2.41. The molecule has 0 bridgehead atoms. The molecule has 1 aromatic heterocycles. The summed E-state index contributed by atoms with van der Waals surface area (Å²) in [7, 11) is 0. The number of aryl methyl sites for hydroxylation is 1. The van der Waals surface area contributed by atoms with Crippen molar-refractivity contribution in [1.82, 2.24) is 4.98 Å². The second kappa shape index (κ2) is 6.21. The van der Waals surface area contributed by atoms with E-state index in [4.69, 9.17) is 0 Å². The number of hydrogen-bond donors (Lipinski definition) is 0. The van der Waals surface area contributed by atoms with Crippen molar-refractivity contribution < 1.29 is 0 Å². The molecular weight excluding hydrogens is 358 g/mol. The number of halogens is 1. The first-order chi connectivity index (χ1) is 11.7. The maximum absolute atomic E-state index is 4.36. The first kappa shape index (κ1) is 15.1. The van der Waals surface area contributed by atoms with Crippen LogP contribution in [-0.2, 0) is 0 Å². The zero-order chi connectivity index (χ0) is 16.5. The van der Waals surface area contributed by atoms with E-state index in [1.165, 1.54) is 38.6 Å². The summed E-state index contributed by atoms with van der Waals surface area (Å²) in [6.45, 7) is 2.11. The van der Waals surface area contributed by atoms with Gasteiger partial charge in [0, 0.05) is 22.3 Å². The fourth-order valence-corrected chi connectivity index (χ4v) is 3.32. The van der Waals surface area contributed by atoms with Gasteiger partial charge < -0.3 is 0 Å². The Morgan fingerprint density at radius 3 is 1.92 bits per heavy atom. The molecule has 0 aliphatic carbocycles. The average Bonchev–Trinajstić information content (AvgIpc) is 2.62. The molecule has 1 heterocycles. The fraction of sp³-hybridized carbons (Fsp3) is 0.0455. The summed E-state index contributed by atoms with van der Waals surface area (Å²) in [5.74, 6) is 0. The molecule has 0 spiro atoms. The number of aromatic nitrogens is 1. The van der Waals surface area contributed by atoms with E-state index in [-0.39, 0.29) is 0 Å². The Morgan fingerprint density at radius 2 is 1.25 bits per heavy atom. The van der Waals surface area contributed by atoms with Crippen LogP contribution in [0.1, 0.15) is 5.56 Å². The van der Waals surface area contributed by atoms with Gasteiger partial charge in [0.15, 0.2) is 0 Å². The number of nitrogens with zero attached hydrogens (tertiary/aromatic N) is 1. The zero-order valence-electron chi connectivity index (χ0n) is 13.3. The molecule has 4 aromatic rings. The minimum atomic E-state index is 1.09. The Balaban J connectivity index is 1.95. The van der Waals surface area contributed by atoms with E-state index in [9.17, 15) is 0 Å². The molecule has 4 rings (SSSR count). The van der Waals surface area contributed by atoms with Crippen molar-refractivity contribution in [2.75, 3.05) is 0 Å². The lowest BCUT2D eigenvalue weighted by Gasteiger charge is -2.12. The summed E-state index contributed by atoms with van der Waals surface area (Å²) in [6, 6.07) is 23.6. The number of benzene rings is 3. The molecule has 116 valence electrons. The zero-order valence-corrected chi connectivity index (χ0v) is 14.9. The van der Waals surface area contributed by atoms with Crippen LogP contribution in [0, 0.1) is 6.92 Å². The average molecular weight is 374 g/mol. The minimum absolute atomic E-state index is 1.09. The quantitative estimate of drug-likeness (QED) is 0.383. The van der Waals surface area contributed by atoms with Gasteiger partial charge in [-0.3, -0.25) is 4.98 Å². The Hall–Kier alpha value is -2.45. The van der Waals surface area contributed by atoms with Gasteiger partial charge in [-0.05, 0) is 52.8 Å². The Bertz CT molecular complexity index is 918. The summed E-state index contributed by atoms with van der Waals surface area (Å²) < 4.78 is 1.09. The maximum atomic E-state index is 4.36. The van der Waals surface area contributed by atoms with E-state index in [1.807, 2.05) is 12.4 Å². The van der Waals surface area contributed by atoms with Gasteiger partial charge in [0.25, 0.3) is 0 Å². The molecule has 0 aliphatic heterocycles. The molecule has 0 radical (unpaired) electrons. The van der Waals surface area contributed by atoms with Crippen molar-refractivity contribution in [1.29, 1.82) is 0 Å². The van der Waals surface area contributed by atoms with E-state index in [0.717, 1.165) is 4.47 Å². The van der Waals surface area contributed by atoms with Crippen molar-refractivity contribution >= 4 is 26.7 Å². The van der Waals surface area contributed by atoms with Crippen molar-refractivity contribution in [3.8, 4) is 22.3 Å². The van der Waals surface area contributed by atoms with Crippen LogP contribution in [0.3, 0.4) is 0 Å². The van der Waals surface area contributed by atoms with Crippen LogP contribution >= 0.6 is 15.9 Å². The molecule has 0 aliphatic rings. The van der Waals surface area contributed by atoms with E-state index < -0.39 is 0 Å². The molecule has 0 unspecified atom stereocenters. The maximum Gasteiger partial charge on any atom is 0.0352 e. The predicted molar refractivity (Wildman–Crippen MR) is 105 cm³/mol. The summed E-state index contributed by atoms with van der Waals surface area (Å²) in [6.07, 6.45) is 3.83. The van der Waals surface area contributed by atoms with Crippen molar-refractivity contribution in [3.05, 3.63) is 89.2 Å². The van der Waals surface area contributed by atoms with Crippen molar-refractivity contribution in [3.63, 3.8) is 0 Å². The molecule has 0 fully saturated rings. The third-order valence-corrected chi connectivity index (χ3v) is 4.86. The number of pyridine rings is 1. The second-order valence-electron chi connectivity index (χ2n) is 5.95. The van der Waals surface area contributed by atoms with E-state index >= 15 is 0 Å². The van der Waals surface area contributed by atoms with Gasteiger partial charge in [-0.2, -0.15) is 0 Å². The highest BCUT2D eigenvalue weighted by Gasteiger charge is 2.09. The van der Waals surface area contributed by atoms with Crippen LogP contribution in [-0.4, -0.2) is 4.98 Å². The monoisotopic (exact) mass is 373 g/mol. The van der Waals surface area contributed by atoms with Crippen LogP contribution in [0.4, 0.5) is 0 Å². The van der Waals surface area contributed by atoms with Gasteiger partial charge in [-0.1, -0.05) is 70.0 Å². The van der Waals surface area contributed by atoms with Crippen molar-refractivity contribution in [2.45, 2.75) is 6.92 Å². The van der Waals surface area contributed by atoms with Crippen LogP contribution in [0.2, 0.25) is 0 Å². The van der Waals surface area contributed by atoms with Gasteiger partial charge in [0.1, 0.15) is 0 Å². The van der Waals surface area contributed by atoms with Crippen LogP contribution in [0.15, 0.2) is 83.6 Å². The predicted octanol–water partition coefficient (Wildman–Crippen LogP) is 6.64. The summed E-state index contributed by atoms with van der Waals surface area (Å²) >= 11 is 3.51. The first-order valence-corrected chi connectivity index (χ1v) is 8.71. The third kappa shape index (κ3) is 2.74. The molecule has 0 N–H and O–H groups in total. The topological polar surface area (TPSA) is 12.9 Å². The third-order valence-electron chi connectivity index (χ3n) is 4.34. The van der Waals surface area contributed by atoms with Crippen LogP contribution in [0.5, 0.6) is 0 Å². The molecule has 3 aromatic carbocycles. The first-order valence-electron chi connectivity index (χ1n) is 7.92. The number of rotatable bonds is 2. The smallest absolute Gasteiger partial charge is 0.0352 e.